The van der Waals surface area contributed by atoms with E-state index in [9.17, 15) is 12.9 Å². The fraction of sp³-hybridized carbons (Fsp3) is 0.444. The molecule has 1 aromatic rings. The smallest absolute Gasteiger partial charge is 0.445 e. The first-order chi connectivity index (χ1) is 6.87. The van der Waals surface area contributed by atoms with Crippen LogP contribution in [-0.4, -0.2) is 12.2 Å². The highest BCUT2D eigenvalue weighted by atomic mass is 32.2. The third kappa shape index (κ3) is 5.11. The molecule has 0 N–H and O–H groups in total. The Labute approximate surface area is 91.7 Å². The molecule has 1 nitrogen and oxygen atoms in total. The summed E-state index contributed by atoms with van der Waals surface area (Å²) in [5.74, 6) is 0. The summed E-state index contributed by atoms with van der Waals surface area (Å²) in [6.45, 7) is -0.748. The molecular weight excluding hydrogens is 222 g/mol. The molecule has 1 rings (SSSR count). The van der Waals surface area contributed by atoms with Crippen molar-refractivity contribution < 1.29 is 17.5 Å². The van der Waals surface area contributed by atoms with E-state index in [1.54, 1.807) is 24.0 Å². The van der Waals surface area contributed by atoms with Crippen LogP contribution in [0.15, 0.2) is 29.4 Å². The fourth-order valence-corrected chi connectivity index (χ4v) is 2.09. The van der Waals surface area contributed by atoms with E-state index in [0.29, 0.717) is 5.25 Å². The van der Waals surface area contributed by atoms with E-state index < -0.39 is 13.4 Å². The SMILES string of the molecule is CC(C)Sc1ccc[n+](C[B-](F)(F)F)c1. The maximum absolute atomic E-state index is 12.2. The van der Waals surface area contributed by atoms with Crippen molar-refractivity contribution >= 4 is 18.7 Å². The van der Waals surface area contributed by atoms with E-state index in [1.807, 2.05) is 19.9 Å². The summed E-state index contributed by atoms with van der Waals surface area (Å²) in [6.07, 6.45) is 2.12. The second-order valence-corrected chi connectivity index (χ2v) is 5.26. The number of hydrogen-bond acceptors (Lipinski definition) is 1. The second kappa shape index (κ2) is 4.92. The second-order valence-electron chi connectivity index (χ2n) is 3.61. The van der Waals surface area contributed by atoms with Gasteiger partial charge in [0, 0.05) is 11.3 Å². The van der Waals surface area contributed by atoms with Crippen molar-refractivity contribution in [1.29, 1.82) is 0 Å². The lowest BCUT2D eigenvalue weighted by molar-refractivity contribution is -0.685. The van der Waals surface area contributed by atoms with Gasteiger partial charge in [-0.2, -0.15) is 0 Å². The van der Waals surface area contributed by atoms with Crippen molar-refractivity contribution in [3.63, 3.8) is 0 Å². The van der Waals surface area contributed by atoms with Crippen LogP contribution in [0.25, 0.3) is 0 Å². The van der Waals surface area contributed by atoms with Crippen molar-refractivity contribution in [2.75, 3.05) is 0 Å². The van der Waals surface area contributed by atoms with Crippen molar-refractivity contribution in [3.8, 4) is 0 Å². The Morgan fingerprint density at radius 2 is 2.07 bits per heavy atom. The molecule has 6 heteroatoms. The van der Waals surface area contributed by atoms with Gasteiger partial charge in [0.25, 0.3) is 0 Å². The minimum Gasteiger partial charge on any atom is -0.445 e. The van der Waals surface area contributed by atoms with Crippen molar-refractivity contribution in [3.05, 3.63) is 24.5 Å². The van der Waals surface area contributed by atoms with Crippen molar-refractivity contribution in [2.45, 2.75) is 30.4 Å². The predicted molar refractivity (Wildman–Crippen MR) is 56.7 cm³/mol. The molecule has 1 aromatic heterocycles. The third-order valence-corrected chi connectivity index (χ3v) is 2.61. The van der Waals surface area contributed by atoms with Gasteiger partial charge in [0.15, 0.2) is 12.4 Å². The van der Waals surface area contributed by atoms with Crippen LogP contribution >= 0.6 is 11.8 Å². The first-order valence-electron chi connectivity index (χ1n) is 4.73. The van der Waals surface area contributed by atoms with E-state index in [1.165, 1.54) is 10.8 Å². The number of thioether (sulfide) groups is 1. The molecule has 0 aliphatic rings. The number of nitrogens with zero attached hydrogens (tertiary/aromatic N) is 1. The van der Waals surface area contributed by atoms with Crippen LogP contribution in [0.4, 0.5) is 12.9 Å². The predicted octanol–water partition coefficient (Wildman–Crippen LogP) is 2.86. The molecule has 0 aliphatic heterocycles. The summed E-state index contributed by atoms with van der Waals surface area (Å²) < 4.78 is 37.7. The molecular formula is C9H13BF3NS. The molecule has 0 fully saturated rings. The van der Waals surface area contributed by atoms with Gasteiger partial charge in [0.2, 0.25) is 0 Å². The zero-order valence-electron chi connectivity index (χ0n) is 8.66. The van der Waals surface area contributed by atoms with Crippen LogP contribution < -0.4 is 4.57 Å². The van der Waals surface area contributed by atoms with Gasteiger partial charge >= 0.3 is 6.98 Å². The molecule has 0 saturated heterocycles. The minimum absolute atomic E-state index is 0.372. The monoisotopic (exact) mass is 235 g/mol. The number of hydrogen-bond donors (Lipinski definition) is 0. The third-order valence-electron chi connectivity index (χ3n) is 1.62. The first kappa shape index (κ1) is 12.4. The van der Waals surface area contributed by atoms with Gasteiger partial charge in [-0.05, 0) is 6.07 Å². The van der Waals surface area contributed by atoms with Gasteiger partial charge < -0.3 is 12.9 Å². The highest BCUT2D eigenvalue weighted by Crippen LogP contribution is 2.20. The molecule has 0 atom stereocenters. The quantitative estimate of drug-likeness (QED) is 0.441. The average molecular weight is 235 g/mol. The summed E-state index contributed by atoms with van der Waals surface area (Å²) >= 11 is 1.56. The van der Waals surface area contributed by atoms with E-state index in [-0.39, 0.29) is 0 Å². The zero-order chi connectivity index (χ0) is 11.5. The van der Waals surface area contributed by atoms with Gasteiger partial charge in [0.05, 0.1) is 4.90 Å². The molecule has 0 aromatic carbocycles. The first-order valence-corrected chi connectivity index (χ1v) is 5.61. The lowest BCUT2D eigenvalue weighted by Crippen LogP contribution is -2.43. The molecule has 0 amide bonds. The van der Waals surface area contributed by atoms with E-state index >= 15 is 0 Å². The summed E-state index contributed by atoms with van der Waals surface area (Å²) in [4.78, 5) is 0.868. The average Bonchev–Trinajstić information content (AvgIpc) is 1.99. The summed E-state index contributed by atoms with van der Waals surface area (Å²) in [5, 5.41) is 0.372. The Morgan fingerprint density at radius 3 is 2.60 bits per heavy atom. The zero-order valence-corrected chi connectivity index (χ0v) is 9.48. The Balaban J connectivity index is 2.74. The van der Waals surface area contributed by atoms with E-state index in [0.717, 1.165) is 4.90 Å². The van der Waals surface area contributed by atoms with Gasteiger partial charge in [-0.1, -0.05) is 13.8 Å². The number of halogens is 3. The van der Waals surface area contributed by atoms with Crippen LogP contribution in [0.5, 0.6) is 0 Å². The molecule has 0 spiro atoms. The molecule has 84 valence electrons. The standard InChI is InChI=1S/C9H13BF3NS/c1-8(2)15-9-4-3-5-14(6-9)7-10(11,12)13/h3-6,8H,7H2,1-2H3. The lowest BCUT2D eigenvalue weighted by atomic mass is 9.92. The maximum atomic E-state index is 12.2. The van der Waals surface area contributed by atoms with E-state index in [4.69, 9.17) is 0 Å². The molecule has 0 radical (unpaired) electrons. The highest BCUT2D eigenvalue weighted by Gasteiger charge is 2.29. The van der Waals surface area contributed by atoms with Crippen LogP contribution in [0.3, 0.4) is 0 Å². The summed E-state index contributed by atoms with van der Waals surface area (Å²) in [7, 11) is 0. The number of aromatic nitrogens is 1. The van der Waals surface area contributed by atoms with Gasteiger partial charge in [-0.15, -0.1) is 11.8 Å². The molecule has 0 saturated carbocycles. The Hall–Kier alpha value is -0.645. The van der Waals surface area contributed by atoms with Crippen molar-refractivity contribution in [2.24, 2.45) is 0 Å². The normalized spacial score (nSPS) is 12.1. The van der Waals surface area contributed by atoms with E-state index in [2.05, 4.69) is 0 Å². The molecule has 15 heavy (non-hydrogen) atoms. The van der Waals surface area contributed by atoms with Crippen LogP contribution in [0.2, 0.25) is 0 Å². The minimum atomic E-state index is -4.77. The number of rotatable bonds is 4. The molecule has 1 heterocycles. The maximum Gasteiger partial charge on any atom is 0.542 e. The van der Waals surface area contributed by atoms with Gasteiger partial charge in [0.1, 0.15) is 6.44 Å². The van der Waals surface area contributed by atoms with Gasteiger partial charge in [-0.3, -0.25) is 0 Å². The Bertz CT molecular complexity index is 327. The largest absolute Gasteiger partial charge is 0.542 e. The molecule has 0 aliphatic carbocycles. The summed E-state index contributed by atoms with van der Waals surface area (Å²) in [5.41, 5.74) is 0. The highest BCUT2D eigenvalue weighted by molar-refractivity contribution is 7.99. The Morgan fingerprint density at radius 1 is 1.40 bits per heavy atom. The van der Waals surface area contributed by atoms with Crippen LogP contribution in [-0.2, 0) is 6.44 Å². The molecule has 0 bridgehead atoms. The lowest BCUT2D eigenvalue weighted by Gasteiger charge is -2.10. The summed E-state index contributed by atoms with van der Waals surface area (Å²) in [6, 6.07) is 3.47. The fourth-order valence-electron chi connectivity index (χ4n) is 1.19. The van der Waals surface area contributed by atoms with Crippen LogP contribution in [0.1, 0.15) is 13.8 Å². The van der Waals surface area contributed by atoms with Gasteiger partial charge in [-0.25, -0.2) is 4.57 Å². The number of pyridine rings is 1. The van der Waals surface area contributed by atoms with Crippen molar-refractivity contribution in [1.82, 2.24) is 0 Å². The molecule has 0 unspecified atom stereocenters. The van der Waals surface area contributed by atoms with Crippen LogP contribution in [0, 0.1) is 0 Å². The topological polar surface area (TPSA) is 3.88 Å². The Kier molecular flexibility index (Phi) is 4.08.